The first-order valence-electron chi connectivity index (χ1n) is 6.86. The molecule has 0 aliphatic carbocycles. The summed E-state index contributed by atoms with van der Waals surface area (Å²) in [7, 11) is -3.00. The molecule has 1 N–H and O–H groups in total. The van der Waals surface area contributed by atoms with Crippen LogP contribution in [0.2, 0.25) is 0 Å². The fraction of sp³-hybridized carbons (Fsp3) is 0.667. The van der Waals surface area contributed by atoms with Gasteiger partial charge in [-0.25, -0.2) is 13.4 Å². The maximum absolute atomic E-state index is 12.4. The van der Waals surface area contributed by atoms with Gasteiger partial charge in [0, 0.05) is 32.4 Å². The Morgan fingerprint density at radius 2 is 2.05 bits per heavy atom. The van der Waals surface area contributed by atoms with Crippen LogP contribution in [0.15, 0.2) is 6.20 Å². The lowest BCUT2D eigenvalue weighted by Crippen LogP contribution is -2.33. The van der Waals surface area contributed by atoms with E-state index in [0.717, 1.165) is 25.5 Å². The van der Waals surface area contributed by atoms with Crippen LogP contribution >= 0.6 is 0 Å². The van der Waals surface area contributed by atoms with Gasteiger partial charge in [0.15, 0.2) is 9.84 Å². The Hall–Kier alpha value is -1.57. The SMILES string of the molecule is O=C(c1cn2c(n1)NCCC2)N1CCCS(=O)(=O)CC1. The fourth-order valence-corrected chi connectivity index (χ4v) is 3.86. The number of aromatic nitrogens is 2. The molecule has 0 radical (unpaired) electrons. The lowest BCUT2D eigenvalue weighted by Gasteiger charge is -2.18. The van der Waals surface area contributed by atoms with Crippen molar-refractivity contribution in [3.8, 4) is 0 Å². The Morgan fingerprint density at radius 3 is 2.85 bits per heavy atom. The summed E-state index contributed by atoms with van der Waals surface area (Å²) in [4.78, 5) is 18.3. The van der Waals surface area contributed by atoms with Gasteiger partial charge in [-0.05, 0) is 12.8 Å². The predicted octanol–water partition coefficient (Wildman–Crippen LogP) is -0.0406. The van der Waals surface area contributed by atoms with E-state index < -0.39 is 9.84 Å². The zero-order chi connectivity index (χ0) is 14.2. The molecular formula is C12H18N4O3S. The van der Waals surface area contributed by atoms with Gasteiger partial charge in [0.05, 0.1) is 11.5 Å². The highest BCUT2D eigenvalue weighted by Gasteiger charge is 2.25. The third kappa shape index (κ3) is 2.65. The Kier molecular flexibility index (Phi) is 3.41. The smallest absolute Gasteiger partial charge is 0.274 e. The molecule has 3 heterocycles. The summed E-state index contributed by atoms with van der Waals surface area (Å²) in [5.74, 6) is 0.760. The van der Waals surface area contributed by atoms with Gasteiger partial charge in [0.1, 0.15) is 5.69 Å². The number of aryl methyl sites for hydroxylation is 1. The van der Waals surface area contributed by atoms with Gasteiger partial charge in [-0.3, -0.25) is 4.79 Å². The second-order valence-corrected chi connectivity index (χ2v) is 7.52. The van der Waals surface area contributed by atoms with Crippen molar-refractivity contribution in [3.63, 3.8) is 0 Å². The molecule has 0 atom stereocenters. The number of sulfone groups is 1. The van der Waals surface area contributed by atoms with E-state index in [-0.39, 0.29) is 24.0 Å². The van der Waals surface area contributed by atoms with Crippen LogP contribution in [0.1, 0.15) is 23.3 Å². The maximum atomic E-state index is 12.4. The van der Waals surface area contributed by atoms with Crippen LogP contribution in [0.5, 0.6) is 0 Å². The number of carbonyl (C=O) groups is 1. The lowest BCUT2D eigenvalue weighted by molar-refractivity contribution is 0.0763. The Balaban J connectivity index is 1.76. The summed E-state index contributed by atoms with van der Waals surface area (Å²) in [5, 5.41) is 3.15. The minimum atomic E-state index is -3.00. The van der Waals surface area contributed by atoms with Gasteiger partial charge >= 0.3 is 0 Å². The van der Waals surface area contributed by atoms with E-state index in [4.69, 9.17) is 0 Å². The molecule has 7 nitrogen and oxygen atoms in total. The third-order valence-corrected chi connectivity index (χ3v) is 5.41. The molecule has 0 spiro atoms. The summed E-state index contributed by atoms with van der Waals surface area (Å²) in [6, 6.07) is 0. The van der Waals surface area contributed by atoms with Gasteiger partial charge in [0.25, 0.3) is 5.91 Å². The minimum Gasteiger partial charge on any atom is -0.356 e. The van der Waals surface area contributed by atoms with Crippen LogP contribution in [-0.4, -0.2) is 59.9 Å². The van der Waals surface area contributed by atoms with Gasteiger partial charge in [0.2, 0.25) is 5.95 Å². The van der Waals surface area contributed by atoms with E-state index >= 15 is 0 Å². The molecular weight excluding hydrogens is 280 g/mol. The van der Waals surface area contributed by atoms with Crippen molar-refractivity contribution in [2.45, 2.75) is 19.4 Å². The van der Waals surface area contributed by atoms with Gasteiger partial charge < -0.3 is 14.8 Å². The molecule has 1 saturated heterocycles. The van der Waals surface area contributed by atoms with Gasteiger partial charge in [-0.2, -0.15) is 0 Å². The van der Waals surface area contributed by atoms with Crippen molar-refractivity contribution < 1.29 is 13.2 Å². The number of imidazole rings is 1. The number of fused-ring (bicyclic) bond motifs is 1. The fourth-order valence-electron chi connectivity index (χ4n) is 2.58. The molecule has 0 unspecified atom stereocenters. The van der Waals surface area contributed by atoms with Crippen LogP contribution in [-0.2, 0) is 16.4 Å². The number of nitrogens with zero attached hydrogens (tertiary/aromatic N) is 3. The number of hydrogen-bond donors (Lipinski definition) is 1. The number of nitrogens with one attached hydrogen (secondary N) is 1. The van der Waals surface area contributed by atoms with Crippen LogP contribution in [0.3, 0.4) is 0 Å². The van der Waals surface area contributed by atoms with E-state index in [1.165, 1.54) is 0 Å². The van der Waals surface area contributed by atoms with E-state index in [2.05, 4.69) is 10.3 Å². The van der Waals surface area contributed by atoms with Crippen LogP contribution in [0.4, 0.5) is 5.95 Å². The largest absolute Gasteiger partial charge is 0.356 e. The normalized spacial score (nSPS) is 21.7. The average Bonchev–Trinajstić information content (AvgIpc) is 2.77. The summed E-state index contributed by atoms with van der Waals surface area (Å²) in [5.41, 5.74) is 0.397. The first-order chi connectivity index (χ1) is 9.55. The molecule has 0 saturated carbocycles. The van der Waals surface area contributed by atoms with Crippen LogP contribution in [0, 0.1) is 0 Å². The standard InChI is InChI=1S/C12H18N4O3S/c17-11(15-5-2-7-20(18,19)8-6-15)10-9-16-4-1-3-13-12(16)14-10/h9H,1-8H2,(H,13,14). The van der Waals surface area contributed by atoms with Gasteiger partial charge in [-0.1, -0.05) is 0 Å². The van der Waals surface area contributed by atoms with Crippen molar-refractivity contribution in [2.75, 3.05) is 36.5 Å². The monoisotopic (exact) mass is 298 g/mol. The molecule has 8 heteroatoms. The maximum Gasteiger partial charge on any atom is 0.274 e. The van der Waals surface area contributed by atoms with Crippen molar-refractivity contribution in [3.05, 3.63) is 11.9 Å². The Bertz CT molecular complexity index is 599. The Morgan fingerprint density at radius 1 is 1.20 bits per heavy atom. The molecule has 0 bridgehead atoms. The van der Waals surface area contributed by atoms with E-state index in [1.54, 1.807) is 11.1 Å². The molecule has 1 aromatic rings. The molecule has 2 aliphatic rings. The number of amides is 1. The van der Waals surface area contributed by atoms with Crippen molar-refractivity contribution >= 4 is 21.7 Å². The van der Waals surface area contributed by atoms with E-state index in [9.17, 15) is 13.2 Å². The van der Waals surface area contributed by atoms with Crippen LogP contribution in [0.25, 0.3) is 0 Å². The number of rotatable bonds is 1. The zero-order valence-corrected chi connectivity index (χ0v) is 12.0. The summed E-state index contributed by atoms with van der Waals surface area (Å²) < 4.78 is 25.1. The summed E-state index contributed by atoms with van der Waals surface area (Å²) in [6.07, 6.45) is 3.27. The topological polar surface area (TPSA) is 84.3 Å². The lowest BCUT2D eigenvalue weighted by atomic mass is 10.3. The van der Waals surface area contributed by atoms with E-state index in [1.807, 2.05) is 4.57 Å². The molecule has 1 fully saturated rings. The predicted molar refractivity (Wildman–Crippen MR) is 74.5 cm³/mol. The molecule has 0 aromatic carbocycles. The molecule has 1 amide bonds. The molecule has 1 aromatic heterocycles. The summed E-state index contributed by atoms with van der Waals surface area (Å²) >= 11 is 0. The number of carbonyl (C=O) groups excluding carboxylic acids is 1. The van der Waals surface area contributed by atoms with E-state index in [0.29, 0.717) is 18.7 Å². The molecule has 110 valence electrons. The minimum absolute atomic E-state index is 0.0462. The van der Waals surface area contributed by atoms with Crippen molar-refractivity contribution in [2.24, 2.45) is 0 Å². The highest BCUT2D eigenvalue weighted by Crippen LogP contribution is 2.16. The quantitative estimate of drug-likeness (QED) is 0.786. The average molecular weight is 298 g/mol. The third-order valence-electron chi connectivity index (χ3n) is 3.70. The molecule has 3 rings (SSSR count). The number of hydrogen-bond acceptors (Lipinski definition) is 5. The van der Waals surface area contributed by atoms with Crippen molar-refractivity contribution in [1.82, 2.24) is 14.5 Å². The second-order valence-electron chi connectivity index (χ2n) is 5.22. The Labute approximate surface area is 117 Å². The zero-order valence-electron chi connectivity index (χ0n) is 11.2. The molecule has 2 aliphatic heterocycles. The summed E-state index contributed by atoms with van der Waals surface area (Å²) in [6.45, 7) is 2.47. The first-order valence-corrected chi connectivity index (χ1v) is 8.68. The van der Waals surface area contributed by atoms with Crippen molar-refractivity contribution in [1.29, 1.82) is 0 Å². The molecule has 20 heavy (non-hydrogen) atoms. The van der Waals surface area contributed by atoms with Crippen LogP contribution < -0.4 is 5.32 Å². The first kappa shape index (κ1) is 13.4. The highest BCUT2D eigenvalue weighted by atomic mass is 32.2. The second kappa shape index (κ2) is 5.08. The highest BCUT2D eigenvalue weighted by molar-refractivity contribution is 7.91. The number of anilines is 1. The van der Waals surface area contributed by atoms with Gasteiger partial charge in [-0.15, -0.1) is 0 Å².